The maximum Gasteiger partial charge on any atom is 0.426 e. The monoisotopic (exact) mass is 458 g/mol. The van der Waals surface area contributed by atoms with Crippen LogP contribution in [0.1, 0.15) is 48.1 Å². The van der Waals surface area contributed by atoms with Crippen LogP contribution in [0.15, 0.2) is 30.6 Å². The van der Waals surface area contributed by atoms with Crippen LogP contribution >= 0.6 is 0 Å². The first-order chi connectivity index (χ1) is 15.6. The Hall–Kier alpha value is -2.91. The average molecular weight is 458 g/mol. The van der Waals surface area contributed by atoms with Crippen molar-refractivity contribution in [1.29, 1.82) is 0 Å². The second-order valence-electron chi connectivity index (χ2n) is 9.18. The summed E-state index contributed by atoms with van der Waals surface area (Å²) in [6.07, 6.45) is 0.547. The lowest BCUT2D eigenvalue weighted by molar-refractivity contribution is -0.250. The number of aromatic amines is 1. The summed E-state index contributed by atoms with van der Waals surface area (Å²) in [5.41, 5.74) is 2.90. The van der Waals surface area contributed by atoms with E-state index in [4.69, 9.17) is 0 Å². The minimum absolute atomic E-state index is 0.0206. The molecular formula is C24H25F3N4O2. The Morgan fingerprint density at radius 2 is 2.00 bits per heavy atom. The number of nitrogens with one attached hydrogen (secondary N) is 2. The van der Waals surface area contributed by atoms with Crippen molar-refractivity contribution in [2.75, 3.05) is 6.54 Å². The van der Waals surface area contributed by atoms with Gasteiger partial charge in [0.05, 0.1) is 0 Å². The fourth-order valence-corrected chi connectivity index (χ4v) is 4.84. The molecule has 0 radical (unpaired) electrons. The molecule has 0 aliphatic carbocycles. The lowest BCUT2D eigenvalue weighted by Gasteiger charge is -2.29. The third-order valence-corrected chi connectivity index (χ3v) is 6.85. The molecule has 1 saturated heterocycles. The van der Waals surface area contributed by atoms with Crippen LogP contribution in [0.5, 0.6) is 0 Å². The number of aromatic nitrogens is 2. The van der Waals surface area contributed by atoms with E-state index in [1.807, 2.05) is 25.3 Å². The van der Waals surface area contributed by atoms with Crippen molar-refractivity contribution >= 4 is 16.9 Å². The number of pyridine rings is 1. The molecule has 1 aromatic carbocycles. The number of carbonyl (C=O) groups is 1. The zero-order chi connectivity index (χ0) is 23.5. The van der Waals surface area contributed by atoms with Crippen molar-refractivity contribution in [3.05, 3.63) is 52.8 Å². The Labute approximate surface area is 188 Å². The van der Waals surface area contributed by atoms with Gasteiger partial charge in [-0.15, -0.1) is 0 Å². The van der Waals surface area contributed by atoms with Gasteiger partial charge in [-0.05, 0) is 79.3 Å². The number of rotatable bonds is 3. The third-order valence-electron chi connectivity index (χ3n) is 6.85. The molecule has 4 heterocycles. The quantitative estimate of drug-likeness (QED) is 0.552. The van der Waals surface area contributed by atoms with E-state index in [0.717, 1.165) is 68.7 Å². The molecule has 2 aliphatic rings. The largest absolute Gasteiger partial charge is 0.426 e. The van der Waals surface area contributed by atoms with Gasteiger partial charge in [0.25, 0.3) is 5.91 Å². The number of H-pyrrole nitrogens is 1. The topological polar surface area (TPSA) is 81.2 Å². The highest BCUT2D eigenvalue weighted by molar-refractivity contribution is 5.87. The molecule has 0 bridgehead atoms. The molecule has 1 amide bonds. The van der Waals surface area contributed by atoms with Gasteiger partial charge in [0.15, 0.2) is 0 Å². The molecule has 174 valence electrons. The molecule has 2 aliphatic heterocycles. The second-order valence-corrected chi connectivity index (χ2v) is 9.18. The molecule has 9 heteroatoms. The molecular weight excluding hydrogens is 433 g/mol. The Morgan fingerprint density at radius 1 is 1.21 bits per heavy atom. The number of hydrogen-bond donors (Lipinski definition) is 3. The third kappa shape index (κ3) is 3.59. The van der Waals surface area contributed by atoms with Gasteiger partial charge in [-0.3, -0.25) is 4.79 Å². The van der Waals surface area contributed by atoms with E-state index in [9.17, 15) is 23.1 Å². The fraction of sp³-hybridized carbons (Fsp3) is 0.417. The van der Waals surface area contributed by atoms with E-state index in [1.165, 1.54) is 0 Å². The van der Waals surface area contributed by atoms with Crippen molar-refractivity contribution in [3.8, 4) is 11.1 Å². The summed E-state index contributed by atoms with van der Waals surface area (Å²) in [4.78, 5) is 21.4. The molecule has 2 atom stereocenters. The number of aliphatic hydroxyl groups is 1. The zero-order valence-electron chi connectivity index (χ0n) is 18.4. The van der Waals surface area contributed by atoms with E-state index in [1.54, 1.807) is 6.20 Å². The number of nitrogens with zero attached hydrogens (tertiary/aromatic N) is 2. The summed E-state index contributed by atoms with van der Waals surface area (Å²) >= 11 is 0. The maximum atomic E-state index is 13.3. The first kappa shape index (κ1) is 21.9. The van der Waals surface area contributed by atoms with Gasteiger partial charge in [-0.2, -0.15) is 13.2 Å². The number of amides is 1. The lowest BCUT2D eigenvalue weighted by atomic mass is 9.91. The second kappa shape index (κ2) is 7.56. The van der Waals surface area contributed by atoms with Crippen LogP contribution in [0.4, 0.5) is 13.2 Å². The zero-order valence-corrected chi connectivity index (χ0v) is 18.4. The highest BCUT2D eigenvalue weighted by Crippen LogP contribution is 2.40. The number of hydrogen-bond acceptors (Lipinski definition) is 4. The van der Waals surface area contributed by atoms with Crippen LogP contribution in [-0.2, 0) is 17.9 Å². The first-order valence-corrected chi connectivity index (χ1v) is 11.0. The van der Waals surface area contributed by atoms with Crippen molar-refractivity contribution in [1.82, 2.24) is 20.2 Å². The maximum absolute atomic E-state index is 13.3. The molecule has 2 aromatic heterocycles. The van der Waals surface area contributed by atoms with Gasteiger partial charge in [0, 0.05) is 42.5 Å². The van der Waals surface area contributed by atoms with E-state index < -0.39 is 17.7 Å². The van der Waals surface area contributed by atoms with Crippen LogP contribution in [0.25, 0.3) is 22.2 Å². The predicted molar refractivity (Wildman–Crippen MR) is 117 cm³/mol. The van der Waals surface area contributed by atoms with Crippen LogP contribution in [-0.4, -0.2) is 44.2 Å². The van der Waals surface area contributed by atoms with Gasteiger partial charge in [0.2, 0.25) is 5.60 Å². The molecule has 3 aromatic rings. The van der Waals surface area contributed by atoms with Crippen molar-refractivity contribution in [3.63, 3.8) is 0 Å². The molecule has 0 saturated carbocycles. The normalized spacial score (nSPS) is 20.3. The molecule has 33 heavy (non-hydrogen) atoms. The van der Waals surface area contributed by atoms with Crippen LogP contribution in [0.3, 0.4) is 0 Å². The molecule has 3 N–H and O–H groups in total. The smallest absolute Gasteiger partial charge is 0.373 e. The summed E-state index contributed by atoms with van der Waals surface area (Å²) in [5.74, 6) is -1.33. The number of fused-ring (bicyclic) bond motifs is 2. The number of carbonyl (C=O) groups excluding carboxylic acids is 1. The predicted octanol–water partition coefficient (Wildman–Crippen LogP) is 4.12. The van der Waals surface area contributed by atoms with Crippen LogP contribution < -0.4 is 5.32 Å². The lowest BCUT2D eigenvalue weighted by Crippen LogP contribution is -2.54. The Balaban J connectivity index is 1.56. The Kier molecular flexibility index (Phi) is 5.02. The van der Waals surface area contributed by atoms with Gasteiger partial charge in [-0.1, -0.05) is 0 Å². The average Bonchev–Trinajstić information content (AvgIpc) is 3.51. The van der Waals surface area contributed by atoms with Crippen LogP contribution in [0, 0.1) is 6.92 Å². The summed E-state index contributed by atoms with van der Waals surface area (Å²) in [7, 11) is 0. The Bertz CT molecular complexity index is 1240. The summed E-state index contributed by atoms with van der Waals surface area (Å²) in [6.45, 7) is 3.44. The van der Waals surface area contributed by atoms with E-state index in [-0.39, 0.29) is 19.1 Å². The van der Waals surface area contributed by atoms with Crippen molar-refractivity contribution in [2.45, 2.75) is 57.6 Å². The summed E-state index contributed by atoms with van der Waals surface area (Å²) < 4.78 is 39.9. The summed E-state index contributed by atoms with van der Waals surface area (Å²) in [6, 6.07) is 6.10. The number of alkyl halides is 3. The number of benzene rings is 1. The fourth-order valence-electron chi connectivity index (χ4n) is 4.84. The first-order valence-electron chi connectivity index (χ1n) is 11.0. The Morgan fingerprint density at radius 3 is 2.70 bits per heavy atom. The van der Waals surface area contributed by atoms with Gasteiger partial charge >= 0.3 is 6.18 Å². The highest BCUT2D eigenvalue weighted by atomic mass is 19.4. The van der Waals surface area contributed by atoms with Gasteiger partial charge < -0.3 is 20.3 Å². The molecule has 0 spiro atoms. The SMILES string of the molecule is Cc1c[nH]c2ncc(-c3cc4c(c(C5CCCN5)c3)CN(C(=O)C(C)(O)C(F)(F)F)C4)cc12. The van der Waals surface area contributed by atoms with E-state index in [0.29, 0.717) is 6.92 Å². The number of aryl methyl sites for hydroxylation is 1. The summed E-state index contributed by atoms with van der Waals surface area (Å²) in [5, 5.41) is 14.4. The molecule has 2 unspecified atom stereocenters. The standard InChI is InChI=1S/C24H25F3N4O2/c1-13-9-29-21-17(13)8-15(10-30-21)14-6-16-11-31(22(32)23(2,33)24(25,26)27)12-19(16)18(7-14)20-4-3-5-28-20/h6-10,20,28,33H,3-5,11-12H2,1-2H3,(H,29,30). The van der Waals surface area contributed by atoms with E-state index in [2.05, 4.69) is 21.4 Å². The minimum atomic E-state index is -5.05. The minimum Gasteiger partial charge on any atom is -0.373 e. The number of halogens is 3. The van der Waals surface area contributed by atoms with Crippen LogP contribution in [0.2, 0.25) is 0 Å². The van der Waals surface area contributed by atoms with Gasteiger partial charge in [0.1, 0.15) is 5.65 Å². The molecule has 5 rings (SSSR count). The van der Waals surface area contributed by atoms with Crippen molar-refractivity contribution in [2.24, 2.45) is 0 Å². The molecule has 6 nitrogen and oxygen atoms in total. The van der Waals surface area contributed by atoms with Crippen molar-refractivity contribution < 1.29 is 23.1 Å². The van der Waals surface area contributed by atoms with Gasteiger partial charge in [-0.25, -0.2) is 4.98 Å². The molecule has 1 fully saturated rings. The highest BCUT2D eigenvalue weighted by Gasteiger charge is 2.57. The van der Waals surface area contributed by atoms with E-state index >= 15 is 0 Å².